The summed E-state index contributed by atoms with van der Waals surface area (Å²) < 4.78 is 29.6. The van der Waals surface area contributed by atoms with E-state index < -0.39 is 34.1 Å². The first-order valence-corrected chi connectivity index (χ1v) is 15.0. The van der Waals surface area contributed by atoms with Crippen LogP contribution in [0.2, 0.25) is 5.02 Å². The summed E-state index contributed by atoms with van der Waals surface area (Å²) in [7, 11) is -4.16. The SMILES string of the molecule is Cc1ccc(Cl)cc1N(CC(=O)N(Cc1cccc(Br)c1)C(C)C(=O)NC(C)(C)C)S(=O)(=O)c1ccccc1. The molecule has 2 amide bonds. The largest absolute Gasteiger partial charge is 0.350 e. The fraction of sp³-hybridized carbons (Fsp3) is 0.310. The average Bonchev–Trinajstić information content (AvgIpc) is 2.86. The minimum atomic E-state index is -4.16. The molecular weight excluding hydrogens is 602 g/mol. The van der Waals surface area contributed by atoms with E-state index in [-0.39, 0.29) is 23.0 Å². The molecule has 0 bridgehead atoms. The standard InChI is InChI=1S/C29H33BrClN3O4S/c1-20-14-15-24(31)17-26(20)34(39(37,38)25-12-7-6-8-13-25)19-27(35)33(18-22-10-9-11-23(30)16-22)21(2)28(36)32-29(3,4)5/h6-17,21H,18-19H2,1-5H3,(H,32,36). The zero-order chi connectivity index (χ0) is 29.0. The topological polar surface area (TPSA) is 86.8 Å². The van der Waals surface area contributed by atoms with Crippen LogP contribution in [-0.2, 0) is 26.2 Å². The van der Waals surface area contributed by atoms with E-state index in [1.54, 1.807) is 44.2 Å². The highest BCUT2D eigenvalue weighted by Gasteiger charge is 2.34. The van der Waals surface area contributed by atoms with Gasteiger partial charge in [-0.2, -0.15) is 0 Å². The molecule has 208 valence electrons. The molecule has 0 aliphatic carbocycles. The summed E-state index contributed by atoms with van der Waals surface area (Å²) in [4.78, 5) is 28.6. The molecule has 0 saturated carbocycles. The van der Waals surface area contributed by atoms with Crippen LogP contribution in [-0.4, -0.2) is 43.3 Å². The molecule has 0 aliphatic heterocycles. The van der Waals surface area contributed by atoms with E-state index in [0.29, 0.717) is 10.6 Å². The average molecular weight is 635 g/mol. The highest BCUT2D eigenvalue weighted by molar-refractivity contribution is 9.10. The van der Waals surface area contributed by atoms with Gasteiger partial charge < -0.3 is 10.2 Å². The van der Waals surface area contributed by atoms with Crippen molar-refractivity contribution in [2.24, 2.45) is 0 Å². The number of aryl methyl sites for hydroxylation is 1. The molecule has 1 atom stereocenters. The number of amides is 2. The van der Waals surface area contributed by atoms with E-state index in [0.717, 1.165) is 14.3 Å². The molecule has 0 spiro atoms. The number of hydrogen-bond acceptors (Lipinski definition) is 4. The Hall–Kier alpha value is -2.88. The van der Waals surface area contributed by atoms with Gasteiger partial charge in [0.15, 0.2) is 0 Å². The molecule has 3 aromatic carbocycles. The lowest BCUT2D eigenvalue weighted by atomic mass is 10.1. The van der Waals surface area contributed by atoms with Crippen molar-refractivity contribution in [1.82, 2.24) is 10.2 Å². The Kier molecular flexibility index (Phi) is 9.85. The van der Waals surface area contributed by atoms with Crippen LogP contribution in [0.1, 0.15) is 38.8 Å². The van der Waals surface area contributed by atoms with Gasteiger partial charge in [0, 0.05) is 21.6 Å². The normalized spacial score (nSPS) is 12.5. The summed E-state index contributed by atoms with van der Waals surface area (Å²) in [5.41, 5.74) is 1.18. The third-order valence-corrected chi connectivity index (χ3v) is 8.46. The number of nitrogens with one attached hydrogen (secondary N) is 1. The van der Waals surface area contributed by atoms with Gasteiger partial charge in [0.1, 0.15) is 12.6 Å². The number of sulfonamides is 1. The van der Waals surface area contributed by atoms with Gasteiger partial charge >= 0.3 is 0 Å². The molecule has 39 heavy (non-hydrogen) atoms. The van der Waals surface area contributed by atoms with Gasteiger partial charge in [0.05, 0.1) is 10.6 Å². The predicted octanol–water partition coefficient (Wildman–Crippen LogP) is 5.94. The number of nitrogens with zero attached hydrogens (tertiary/aromatic N) is 2. The van der Waals surface area contributed by atoms with Crippen LogP contribution in [0.4, 0.5) is 5.69 Å². The van der Waals surface area contributed by atoms with E-state index in [2.05, 4.69) is 21.2 Å². The number of carbonyl (C=O) groups excluding carboxylic acids is 2. The minimum Gasteiger partial charge on any atom is -0.350 e. The molecule has 0 saturated heterocycles. The summed E-state index contributed by atoms with van der Waals surface area (Å²) >= 11 is 9.71. The van der Waals surface area contributed by atoms with Crippen LogP contribution >= 0.6 is 27.5 Å². The van der Waals surface area contributed by atoms with Gasteiger partial charge in [-0.05, 0) is 82.1 Å². The second-order valence-corrected chi connectivity index (χ2v) is 13.5. The summed E-state index contributed by atoms with van der Waals surface area (Å²) in [6.07, 6.45) is 0. The van der Waals surface area contributed by atoms with E-state index >= 15 is 0 Å². The van der Waals surface area contributed by atoms with Crippen molar-refractivity contribution in [2.45, 2.75) is 57.6 Å². The van der Waals surface area contributed by atoms with Gasteiger partial charge in [0.25, 0.3) is 10.0 Å². The molecule has 1 unspecified atom stereocenters. The second kappa shape index (κ2) is 12.5. The lowest BCUT2D eigenvalue weighted by Gasteiger charge is -2.34. The molecular formula is C29H33BrClN3O4S. The summed E-state index contributed by atoms with van der Waals surface area (Å²) in [5, 5.41) is 3.25. The third-order valence-electron chi connectivity index (χ3n) is 5.96. The Bertz CT molecular complexity index is 1440. The Morgan fingerprint density at radius 3 is 2.28 bits per heavy atom. The van der Waals surface area contributed by atoms with Gasteiger partial charge in [-0.15, -0.1) is 0 Å². The molecule has 0 aromatic heterocycles. The lowest BCUT2D eigenvalue weighted by molar-refractivity contribution is -0.140. The van der Waals surface area contributed by atoms with Crippen LogP contribution < -0.4 is 9.62 Å². The minimum absolute atomic E-state index is 0.0363. The quantitative estimate of drug-likeness (QED) is 0.316. The maximum Gasteiger partial charge on any atom is 0.264 e. The third kappa shape index (κ3) is 8.06. The van der Waals surface area contributed by atoms with Crippen molar-refractivity contribution in [2.75, 3.05) is 10.8 Å². The predicted molar refractivity (Wildman–Crippen MR) is 159 cm³/mol. The van der Waals surface area contributed by atoms with Crippen molar-refractivity contribution in [3.63, 3.8) is 0 Å². The van der Waals surface area contributed by atoms with Gasteiger partial charge in [-0.3, -0.25) is 13.9 Å². The maximum atomic E-state index is 14.0. The van der Waals surface area contributed by atoms with Crippen LogP contribution in [0, 0.1) is 6.92 Å². The smallest absolute Gasteiger partial charge is 0.264 e. The number of rotatable bonds is 9. The number of anilines is 1. The summed E-state index contributed by atoms with van der Waals surface area (Å²) in [6.45, 7) is 8.53. The molecule has 0 radical (unpaired) electrons. The van der Waals surface area contributed by atoms with E-state index in [1.807, 2.05) is 45.0 Å². The van der Waals surface area contributed by atoms with Crippen LogP contribution in [0.25, 0.3) is 0 Å². The Balaban J connectivity index is 2.07. The monoisotopic (exact) mass is 633 g/mol. The first kappa shape index (κ1) is 30.7. The molecule has 3 rings (SSSR count). The number of carbonyl (C=O) groups is 2. The molecule has 3 aromatic rings. The van der Waals surface area contributed by atoms with Gasteiger partial charge in [0.2, 0.25) is 11.8 Å². The van der Waals surface area contributed by atoms with E-state index in [4.69, 9.17) is 11.6 Å². The number of hydrogen-bond donors (Lipinski definition) is 1. The van der Waals surface area contributed by atoms with E-state index in [1.165, 1.54) is 23.1 Å². The van der Waals surface area contributed by atoms with Crippen molar-refractivity contribution in [3.05, 3.63) is 93.4 Å². The zero-order valence-electron chi connectivity index (χ0n) is 22.6. The molecule has 7 nitrogen and oxygen atoms in total. The Labute approximate surface area is 244 Å². The molecule has 0 aliphatic rings. The van der Waals surface area contributed by atoms with Gasteiger partial charge in [-0.25, -0.2) is 8.42 Å². The fourth-order valence-electron chi connectivity index (χ4n) is 3.97. The highest BCUT2D eigenvalue weighted by Crippen LogP contribution is 2.30. The first-order chi connectivity index (χ1) is 18.2. The van der Waals surface area contributed by atoms with Crippen molar-refractivity contribution >= 4 is 55.1 Å². The maximum absolute atomic E-state index is 14.0. The molecule has 1 N–H and O–H groups in total. The van der Waals surface area contributed by atoms with Crippen molar-refractivity contribution < 1.29 is 18.0 Å². The highest BCUT2D eigenvalue weighted by atomic mass is 79.9. The van der Waals surface area contributed by atoms with Crippen LogP contribution in [0.3, 0.4) is 0 Å². The summed E-state index contributed by atoms with van der Waals surface area (Å²) in [6, 6.07) is 19.3. The van der Waals surface area contributed by atoms with Crippen molar-refractivity contribution in [1.29, 1.82) is 0 Å². The molecule has 0 heterocycles. The van der Waals surface area contributed by atoms with Crippen LogP contribution in [0.15, 0.2) is 82.2 Å². The first-order valence-electron chi connectivity index (χ1n) is 12.4. The Morgan fingerprint density at radius 2 is 1.67 bits per heavy atom. The lowest BCUT2D eigenvalue weighted by Crippen LogP contribution is -2.54. The van der Waals surface area contributed by atoms with E-state index in [9.17, 15) is 18.0 Å². The number of halogens is 2. The zero-order valence-corrected chi connectivity index (χ0v) is 25.8. The van der Waals surface area contributed by atoms with Gasteiger partial charge in [-0.1, -0.05) is 63.9 Å². The van der Waals surface area contributed by atoms with Crippen LogP contribution in [0.5, 0.6) is 0 Å². The Morgan fingerprint density at radius 1 is 1.00 bits per heavy atom. The second-order valence-electron chi connectivity index (χ2n) is 10.3. The summed E-state index contributed by atoms with van der Waals surface area (Å²) in [5.74, 6) is -0.882. The fourth-order valence-corrected chi connectivity index (χ4v) is 6.08. The van der Waals surface area contributed by atoms with Crippen molar-refractivity contribution in [3.8, 4) is 0 Å². The molecule has 10 heteroatoms. The number of benzene rings is 3. The molecule has 0 fully saturated rings.